The van der Waals surface area contributed by atoms with Crippen molar-refractivity contribution in [1.29, 1.82) is 0 Å². The third kappa shape index (κ3) is 5.14. The third-order valence-corrected chi connectivity index (χ3v) is 11.3. The Morgan fingerprint density at radius 2 is 0.879 bits per heavy atom. The summed E-state index contributed by atoms with van der Waals surface area (Å²) in [5, 5.41) is 8.47. The summed E-state index contributed by atoms with van der Waals surface area (Å²) < 4.78 is 13.2. The minimum Gasteiger partial charge on any atom is -0.456 e. The molecule has 0 aliphatic rings. The summed E-state index contributed by atoms with van der Waals surface area (Å²) in [6, 6.07) is 65.1. The summed E-state index contributed by atoms with van der Waals surface area (Å²) >= 11 is 0. The van der Waals surface area contributed by atoms with Gasteiger partial charge in [0.05, 0.1) is 0 Å². The maximum Gasteiger partial charge on any atom is 0.164 e. The zero-order valence-corrected chi connectivity index (χ0v) is 31.1. The molecule has 12 rings (SSSR count). The lowest BCUT2D eigenvalue weighted by Gasteiger charge is -2.12. The lowest BCUT2D eigenvalue weighted by Crippen LogP contribution is -2.01. The Morgan fingerprint density at radius 1 is 0.293 bits per heavy atom. The van der Waals surface area contributed by atoms with E-state index in [1.54, 1.807) is 0 Å². The number of hydrogen-bond acceptors (Lipinski definition) is 5. The third-order valence-electron chi connectivity index (χ3n) is 11.3. The molecule has 0 saturated carbocycles. The van der Waals surface area contributed by atoms with Gasteiger partial charge in [-0.05, 0) is 80.7 Å². The van der Waals surface area contributed by atoms with Crippen molar-refractivity contribution < 1.29 is 8.83 Å². The van der Waals surface area contributed by atoms with Crippen molar-refractivity contribution in [3.63, 3.8) is 0 Å². The van der Waals surface area contributed by atoms with Crippen molar-refractivity contribution in [2.24, 2.45) is 0 Å². The molecule has 0 unspecified atom stereocenters. The molecule has 3 aromatic heterocycles. The molecule has 0 aliphatic heterocycles. The Kier molecular flexibility index (Phi) is 7.16. The molecule has 0 N–H and O–H groups in total. The Labute approximate surface area is 332 Å². The Morgan fingerprint density at radius 3 is 1.69 bits per heavy atom. The highest BCUT2D eigenvalue weighted by Crippen LogP contribution is 2.44. The van der Waals surface area contributed by atoms with Gasteiger partial charge in [0.1, 0.15) is 22.3 Å². The number of hydrogen-bond donors (Lipinski definition) is 0. The highest BCUT2D eigenvalue weighted by atomic mass is 16.3. The summed E-state index contributed by atoms with van der Waals surface area (Å²) in [5.74, 6) is 1.70. The normalized spacial score (nSPS) is 11.8. The molecule has 0 fully saturated rings. The molecule has 5 heteroatoms. The molecule has 0 radical (unpaired) electrons. The van der Waals surface area contributed by atoms with Crippen LogP contribution < -0.4 is 0 Å². The van der Waals surface area contributed by atoms with E-state index < -0.39 is 0 Å². The molecule has 270 valence electrons. The Balaban J connectivity index is 1.14. The number of rotatable bonds is 5. The van der Waals surface area contributed by atoms with Crippen molar-refractivity contribution in [3.05, 3.63) is 188 Å². The van der Waals surface area contributed by atoms with E-state index in [0.29, 0.717) is 17.5 Å². The van der Waals surface area contributed by atoms with Crippen LogP contribution in [0.3, 0.4) is 0 Å². The molecule has 0 atom stereocenters. The van der Waals surface area contributed by atoms with E-state index in [9.17, 15) is 0 Å². The van der Waals surface area contributed by atoms with E-state index in [1.807, 2.05) is 42.5 Å². The summed E-state index contributed by atoms with van der Waals surface area (Å²) in [7, 11) is 0. The highest BCUT2D eigenvalue weighted by molar-refractivity contribution is 6.24. The van der Waals surface area contributed by atoms with E-state index in [1.165, 1.54) is 11.1 Å². The molecule has 9 aromatic carbocycles. The molecule has 0 spiro atoms. The molecule has 0 saturated heterocycles. The monoisotopic (exact) mass is 741 g/mol. The van der Waals surface area contributed by atoms with Crippen LogP contribution in [-0.2, 0) is 0 Å². The summed E-state index contributed by atoms with van der Waals surface area (Å²) in [4.78, 5) is 16.0. The van der Waals surface area contributed by atoms with Gasteiger partial charge in [-0.15, -0.1) is 0 Å². The summed E-state index contributed by atoms with van der Waals surface area (Å²) in [5.41, 5.74) is 10.3. The van der Waals surface area contributed by atoms with Gasteiger partial charge in [-0.1, -0.05) is 146 Å². The van der Waals surface area contributed by atoms with Crippen LogP contribution in [0.4, 0.5) is 0 Å². The first kappa shape index (κ1) is 32.4. The van der Waals surface area contributed by atoms with Crippen LogP contribution in [0.25, 0.3) is 122 Å². The Hall–Kier alpha value is -7.89. The molecule has 58 heavy (non-hydrogen) atoms. The number of nitrogens with zero attached hydrogens (tertiary/aromatic N) is 3. The van der Waals surface area contributed by atoms with Gasteiger partial charge >= 0.3 is 0 Å². The fourth-order valence-electron chi connectivity index (χ4n) is 8.57. The molecule has 3 heterocycles. The van der Waals surface area contributed by atoms with Gasteiger partial charge in [-0.2, -0.15) is 0 Å². The van der Waals surface area contributed by atoms with Gasteiger partial charge < -0.3 is 8.83 Å². The number of fused-ring (bicyclic) bond motifs is 9. The van der Waals surface area contributed by atoms with E-state index in [0.717, 1.165) is 93.2 Å². The van der Waals surface area contributed by atoms with Crippen molar-refractivity contribution in [1.82, 2.24) is 15.0 Å². The van der Waals surface area contributed by atoms with Gasteiger partial charge in [-0.3, -0.25) is 0 Å². The average Bonchev–Trinajstić information content (AvgIpc) is 3.88. The van der Waals surface area contributed by atoms with Gasteiger partial charge in [0.25, 0.3) is 0 Å². The molecule has 0 bridgehead atoms. The van der Waals surface area contributed by atoms with Gasteiger partial charge in [0.15, 0.2) is 17.5 Å². The van der Waals surface area contributed by atoms with Crippen LogP contribution in [0.2, 0.25) is 0 Å². The minimum atomic E-state index is 0.560. The van der Waals surface area contributed by atoms with Gasteiger partial charge in [0, 0.05) is 43.8 Å². The van der Waals surface area contributed by atoms with Gasteiger partial charge in [-0.25, -0.2) is 15.0 Å². The van der Waals surface area contributed by atoms with E-state index in [4.69, 9.17) is 23.8 Å². The van der Waals surface area contributed by atoms with Crippen LogP contribution in [-0.4, -0.2) is 15.0 Å². The van der Waals surface area contributed by atoms with Crippen LogP contribution in [0.5, 0.6) is 0 Å². The fraction of sp³-hybridized carbons (Fsp3) is 0. The minimum absolute atomic E-state index is 0.560. The van der Waals surface area contributed by atoms with Crippen molar-refractivity contribution >= 4 is 65.4 Å². The summed E-state index contributed by atoms with van der Waals surface area (Å²) in [6.45, 7) is 0. The SMILES string of the molecule is c1ccc(-c2ccc3cc(-c4nc(-c5cccc6oc7ccccc7c56)nc(-c5ccc(-c6ccccc6)c6oc7ccc8ccccc8c7c56)n4)ccc3c2)cc1. The van der Waals surface area contributed by atoms with Crippen molar-refractivity contribution in [2.45, 2.75) is 0 Å². The van der Waals surface area contributed by atoms with Crippen LogP contribution >= 0.6 is 0 Å². The van der Waals surface area contributed by atoms with Crippen LogP contribution in [0, 0.1) is 0 Å². The molecule has 0 amide bonds. The lowest BCUT2D eigenvalue weighted by molar-refractivity contribution is 0.669. The largest absolute Gasteiger partial charge is 0.456 e. The predicted octanol–water partition coefficient (Wildman–Crippen LogP) is 14.3. The zero-order valence-electron chi connectivity index (χ0n) is 31.1. The summed E-state index contributed by atoms with van der Waals surface area (Å²) in [6.07, 6.45) is 0. The van der Waals surface area contributed by atoms with E-state index >= 15 is 0 Å². The maximum absolute atomic E-state index is 6.84. The van der Waals surface area contributed by atoms with Crippen LogP contribution in [0.1, 0.15) is 0 Å². The van der Waals surface area contributed by atoms with Crippen molar-refractivity contribution in [2.75, 3.05) is 0 Å². The second kappa shape index (κ2) is 12.8. The average molecular weight is 742 g/mol. The first-order valence-electron chi connectivity index (χ1n) is 19.4. The smallest absolute Gasteiger partial charge is 0.164 e. The molecular weight excluding hydrogens is 711 g/mol. The topological polar surface area (TPSA) is 65.0 Å². The number of benzene rings is 9. The van der Waals surface area contributed by atoms with Crippen molar-refractivity contribution in [3.8, 4) is 56.4 Å². The first-order valence-corrected chi connectivity index (χ1v) is 19.4. The predicted molar refractivity (Wildman–Crippen MR) is 237 cm³/mol. The molecule has 0 aliphatic carbocycles. The molecule has 12 aromatic rings. The number of furan rings is 2. The second-order valence-electron chi connectivity index (χ2n) is 14.7. The maximum atomic E-state index is 6.84. The Bertz CT molecular complexity index is 3570. The van der Waals surface area contributed by atoms with E-state index in [-0.39, 0.29) is 0 Å². The van der Waals surface area contributed by atoms with Crippen LogP contribution in [0.15, 0.2) is 197 Å². The first-order chi connectivity index (χ1) is 28.7. The lowest BCUT2D eigenvalue weighted by atomic mass is 9.96. The number of aromatic nitrogens is 3. The fourth-order valence-corrected chi connectivity index (χ4v) is 8.57. The highest BCUT2D eigenvalue weighted by Gasteiger charge is 2.23. The van der Waals surface area contributed by atoms with Gasteiger partial charge in [0.2, 0.25) is 0 Å². The second-order valence-corrected chi connectivity index (χ2v) is 14.7. The number of para-hydroxylation sites is 1. The van der Waals surface area contributed by atoms with E-state index in [2.05, 4.69) is 146 Å². The standard InChI is InChI=1S/C53H31N3O2/c1-3-12-32(13-4-1)35-22-23-37-31-38(25-24-36(37)30-35)51-54-52(42-19-11-21-45-47(42)41-18-9-10-20-44(41)57-45)56-53(55-51)43-28-27-40(33-14-5-2-6-15-33)50-49(43)48-39-17-8-7-16-34(39)26-29-46(48)58-50/h1-31H. The molecular formula is C53H31N3O2. The molecule has 5 nitrogen and oxygen atoms in total. The zero-order chi connectivity index (χ0) is 38.2. The quantitative estimate of drug-likeness (QED) is 0.176.